The highest BCUT2D eigenvalue weighted by Crippen LogP contribution is 2.36. The zero-order chi connectivity index (χ0) is 16.2. The first-order chi connectivity index (χ1) is 11.8. The molecule has 2 aromatic heterocycles. The standard InChI is InChI=1S/C19H23N3O2/c1-3-17(12-21-7-1)24-18-11-19(23-14-18)6-2-10-22(15-19)13-16-4-8-20-9-5-16/h1,3-5,7-9,12,18H,2,6,10-11,13-15H2/t18-,19-/m0/s1. The Balaban J connectivity index is 1.37. The summed E-state index contributed by atoms with van der Waals surface area (Å²) in [6.45, 7) is 3.73. The Morgan fingerprint density at radius 3 is 2.96 bits per heavy atom. The Labute approximate surface area is 142 Å². The lowest BCUT2D eigenvalue weighted by Crippen LogP contribution is -2.47. The second-order valence-corrected chi connectivity index (χ2v) is 6.80. The van der Waals surface area contributed by atoms with E-state index in [1.165, 1.54) is 12.0 Å². The number of nitrogens with zero attached hydrogens (tertiary/aromatic N) is 3. The summed E-state index contributed by atoms with van der Waals surface area (Å²) in [6, 6.07) is 8.03. The fraction of sp³-hybridized carbons (Fsp3) is 0.474. The second-order valence-electron chi connectivity index (χ2n) is 6.80. The maximum absolute atomic E-state index is 6.23. The third-order valence-corrected chi connectivity index (χ3v) is 4.89. The topological polar surface area (TPSA) is 47.5 Å². The summed E-state index contributed by atoms with van der Waals surface area (Å²) in [5.74, 6) is 0.826. The van der Waals surface area contributed by atoms with Crippen molar-refractivity contribution in [3.8, 4) is 5.75 Å². The number of ether oxygens (including phenoxy) is 2. The van der Waals surface area contributed by atoms with Gasteiger partial charge in [-0.2, -0.15) is 0 Å². The van der Waals surface area contributed by atoms with E-state index >= 15 is 0 Å². The summed E-state index contributed by atoms with van der Waals surface area (Å²) in [5, 5.41) is 0. The molecule has 0 aliphatic carbocycles. The van der Waals surface area contributed by atoms with Gasteiger partial charge in [0.25, 0.3) is 0 Å². The zero-order valence-electron chi connectivity index (χ0n) is 13.8. The predicted molar refractivity (Wildman–Crippen MR) is 90.7 cm³/mol. The molecule has 4 heterocycles. The van der Waals surface area contributed by atoms with Crippen LogP contribution in [0.15, 0.2) is 49.1 Å². The highest BCUT2D eigenvalue weighted by atomic mass is 16.6. The Morgan fingerprint density at radius 1 is 1.21 bits per heavy atom. The van der Waals surface area contributed by atoms with Crippen molar-refractivity contribution in [2.75, 3.05) is 19.7 Å². The lowest BCUT2D eigenvalue weighted by atomic mass is 9.89. The van der Waals surface area contributed by atoms with Crippen molar-refractivity contribution in [2.45, 2.75) is 37.5 Å². The Morgan fingerprint density at radius 2 is 2.12 bits per heavy atom. The molecule has 2 aliphatic heterocycles. The van der Waals surface area contributed by atoms with E-state index in [9.17, 15) is 0 Å². The molecule has 0 amide bonds. The summed E-state index contributed by atoms with van der Waals surface area (Å²) < 4.78 is 12.3. The van der Waals surface area contributed by atoms with Crippen LogP contribution < -0.4 is 4.74 Å². The number of pyridine rings is 2. The molecule has 0 aromatic carbocycles. The fourth-order valence-electron chi connectivity index (χ4n) is 3.84. The van der Waals surface area contributed by atoms with Crippen molar-refractivity contribution in [1.82, 2.24) is 14.9 Å². The quantitative estimate of drug-likeness (QED) is 0.865. The van der Waals surface area contributed by atoms with Crippen molar-refractivity contribution in [3.05, 3.63) is 54.6 Å². The molecule has 5 nitrogen and oxygen atoms in total. The number of hydrogen-bond acceptors (Lipinski definition) is 5. The molecule has 0 radical (unpaired) electrons. The first-order valence-corrected chi connectivity index (χ1v) is 8.63. The zero-order valence-corrected chi connectivity index (χ0v) is 13.8. The average molecular weight is 325 g/mol. The highest BCUT2D eigenvalue weighted by Gasteiger charge is 2.44. The predicted octanol–water partition coefficient (Wildman–Crippen LogP) is 2.68. The molecule has 0 N–H and O–H groups in total. The number of aromatic nitrogens is 2. The number of likely N-dealkylation sites (tertiary alicyclic amines) is 1. The van der Waals surface area contributed by atoms with Gasteiger partial charge < -0.3 is 9.47 Å². The molecule has 1 spiro atoms. The van der Waals surface area contributed by atoms with Crippen LogP contribution in [0.3, 0.4) is 0 Å². The molecule has 0 unspecified atom stereocenters. The maximum Gasteiger partial charge on any atom is 0.138 e. The number of hydrogen-bond donors (Lipinski definition) is 0. The van der Waals surface area contributed by atoms with Gasteiger partial charge in [-0.25, -0.2) is 0 Å². The molecule has 126 valence electrons. The van der Waals surface area contributed by atoms with Crippen LogP contribution in [-0.2, 0) is 11.3 Å². The van der Waals surface area contributed by atoms with Gasteiger partial charge in [0.1, 0.15) is 11.9 Å². The molecule has 24 heavy (non-hydrogen) atoms. The summed E-state index contributed by atoms with van der Waals surface area (Å²) in [7, 11) is 0. The highest BCUT2D eigenvalue weighted by molar-refractivity contribution is 5.16. The normalized spacial score (nSPS) is 27.4. The number of rotatable bonds is 4. The third kappa shape index (κ3) is 3.57. The van der Waals surface area contributed by atoms with Crippen LogP contribution in [0.5, 0.6) is 5.75 Å². The number of piperidine rings is 1. The van der Waals surface area contributed by atoms with Crippen molar-refractivity contribution in [2.24, 2.45) is 0 Å². The minimum absolute atomic E-state index is 0.0574. The van der Waals surface area contributed by atoms with E-state index in [0.717, 1.165) is 38.2 Å². The van der Waals surface area contributed by atoms with Gasteiger partial charge in [0.05, 0.1) is 18.4 Å². The SMILES string of the molecule is c1cncc(O[C@@H]2CO[C@@]3(CCCN(Cc4ccncc4)C3)C2)c1. The van der Waals surface area contributed by atoms with Gasteiger partial charge in [0.15, 0.2) is 0 Å². The molecule has 2 atom stereocenters. The van der Waals surface area contributed by atoms with E-state index in [2.05, 4.69) is 27.0 Å². The van der Waals surface area contributed by atoms with E-state index in [-0.39, 0.29) is 11.7 Å². The van der Waals surface area contributed by atoms with E-state index in [1.54, 1.807) is 12.4 Å². The Kier molecular flexibility index (Phi) is 4.45. The molecule has 2 saturated heterocycles. The van der Waals surface area contributed by atoms with E-state index in [1.807, 2.05) is 24.5 Å². The molecule has 2 aliphatic rings. The van der Waals surface area contributed by atoms with Crippen LogP contribution in [0.25, 0.3) is 0 Å². The van der Waals surface area contributed by atoms with Gasteiger partial charge in [-0.3, -0.25) is 14.9 Å². The smallest absolute Gasteiger partial charge is 0.138 e. The minimum Gasteiger partial charge on any atom is -0.486 e. The molecule has 2 fully saturated rings. The summed E-state index contributed by atoms with van der Waals surface area (Å²) in [5.41, 5.74) is 1.25. The Hall–Kier alpha value is -1.98. The fourth-order valence-corrected chi connectivity index (χ4v) is 3.84. The molecule has 5 heteroatoms. The maximum atomic E-state index is 6.23. The van der Waals surface area contributed by atoms with Crippen LogP contribution in [0.2, 0.25) is 0 Å². The van der Waals surface area contributed by atoms with Crippen LogP contribution >= 0.6 is 0 Å². The third-order valence-electron chi connectivity index (χ3n) is 4.89. The largest absolute Gasteiger partial charge is 0.486 e. The van der Waals surface area contributed by atoms with Gasteiger partial charge >= 0.3 is 0 Å². The second kappa shape index (κ2) is 6.87. The van der Waals surface area contributed by atoms with Gasteiger partial charge in [-0.1, -0.05) is 0 Å². The summed E-state index contributed by atoms with van der Waals surface area (Å²) in [6.07, 6.45) is 10.6. The molecular weight excluding hydrogens is 302 g/mol. The Bertz CT molecular complexity index is 652. The molecule has 0 bridgehead atoms. The average Bonchev–Trinajstić information content (AvgIpc) is 2.98. The van der Waals surface area contributed by atoms with E-state index < -0.39 is 0 Å². The first-order valence-electron chi connectivity index (χ1n) is 8.63. The van der Waals surface area contributed by atoms with Crippen molar-refractivity contribution in [1.29, 1.82) is 0 Å². The molecule has 0 saturated carbocycles. The van der Waals surface area contributed by atoms with Gasteiger partial charge in [-0.05, 0) is 49.2 Å². The van der Waals surface area contributed by atoms with Crippen molar-refractivity contribution >= 4 is 0 Å². The molecule has 4 rings (SSSR count). The lowest BCUT2D eigenvalue weighted by molar-refractivity contribution is -0.0538. The van der Waals surface area contributed by atoms with Crippen LogP contribution in [-0.4, -0.2) is 46.3 Å². The lowest BCUT2D eigenvalue weighted by Gasteiger charge is -2.39. The van der Waals surface area contributed by atoms with Gasteiger partial charge in [-0.15, -0.1) is 0 Å². The van der Waals surface area contributed by atoms with Crippen molar-refractivity contribution < 1.29 is 9.47 Å². The van der Waals surface area contributed by atoms with Crippen LogP contribution in [0, 0.1) is 0 Å². The van der Waals surface area contributed by atoms with Crippen molar-refractivity contribution in [3.63, 3.8) is 0 Å². The minimum atomic E-state index is -0.0574. The monoisotopic (exact) mass is 325 g/mol. The van der Waals surface area contributed by atoms with Crippen LogP contribution in [0.1, 0.15) is 24.8 Å². The summed E-state index contributed by atoms with van der Waals surface area (Å²) in [4.78, 5) is 10.7. The van der Waals surface area contributed by atoms with Gasteiger partial charge in [0, 0.05) is 38.1 Å². The summed E-state index contributed by atoms with van der Waals surface area (Å²) >= 11 is 0. The van der Waals surface area contributed by atoms with E-state index in [4.69, 9.17) is 9.47 Å². The van der Waals surface area contributed by atoms with Crippen LogP contribution in [0.4, 0.5) is 0 Å². The van der Waals surface area contributed by atoms with E-state index in [0.29, 0.717) is 6.61 Å². The first kappa shape index (κ1) is 15.5. The molecule has 2 aromatic rings. The van der Waals surface area contributed by atoms with Gasteiger partial charge in [0.2, 0.25) is 0 Å². The molecular formula is C19H23N3O2.